The second-order valence-electron chi connectivity index (χ2n) is 3.42. The summed E-state index contributed by atoms with van der Waals surface area (Å²) in [4.78, 5) is 0. The quantitative estimate of drug-likeness (QED) is 0.647. The van der Waals surface area contributed by atoms with Gasteiger partial charge >= 0.3 is 0 Å². The molecule has 1 aromatic rings. The second-order valence-corrected chi connectivity index (χ2v) is 3.42. The van der Waals surface area contributed by atoms with Crippen LogP contribution in [0.5, 0.6) is 17.2 Å². The summed E-state index contributed by atoms with van der Waals surface area (Å²) >= 11 is 0. The Morgan fingerprint density at radius 3 is 2.14 bits per heavy atom. The molecule has 76 valence electrons. The van der Waals surface area contributed by atoms with Crippen LogP contribution < -0.4 is 0 Å². The monoisotopic (exact) mass is 194 g/mol. The smallest absolute Gasteiger partial charge is 0.126 e. The first-order chi connectivity index (χ1) is 6.50. The van der Waals surface area contributed by atoms with E-state index < -0.39 is 0 Å². The van der Waals surface area contributed by atoms with Crippen LogP contribution in [0.2, 0.25) is 0 Å². The van der Waals surface area contributed by atoms with Crippen LogP contribution in [-0.2, 0) is 6.42 Å². The molecule has 0 bridgehead atoms. The first-order valence-corrected chi connectivity index (χ1v) is 4.39. The number of phenols is 3. The predicted molar refractivity (Wildman–Crippen MR) is 54.6 cm³/mol. The van der Waals surface area contributed by atoms with Crippen LogP contribution >= 0.6 is 0 Å². The first-order valence-electron chi connectivity index (χ1n) is 4.39. The molecule has 3 heteroatoms. The van der Waals surface area contributed by atoms with Gasteiger partial charge in [0.15, 0.2) is 0 Å². The van der Waals surface area contributed by atoms with Crippen LogP contribution in [0.1, 0.15) is 18.9 Å². The van der Waals surface area contributed by atoms with Gasteiger partial charge in [0.1, 0.15) is 17.2 Å². The molecule has 0 saturated carbocycles. The normalized spacial score (nSPS) is 10.1. The topological polar surface area (TPSA) is 60.7 Å². The summed E-state index contributed by atoms with van der Waals surface area (Å²) in [5.41, 5.74) is 1.43. The van der Waals surface area contributed by atoms with Gasteiger partial charge in [-0.25, -0.2) is 0 Å². The van der Waals surface area contributed by atoms with Gasteiger partial charge in [0, 0.05) is 17.7 Å². The SMILES string of the molecule is C=C(C)CCc1c(O)cc(O)cc1O. The maximum absolute atomic E-state index is 9.44. The molecule has 0 aliphatic heterocycles. The van der Waals surface area contributed by atoms with Gasteiger partial charge in [0.05, 0.1) is 0 Å². The molecule has 0 saturated heterocycles. The molecule has 0 atom stereocenters. The third-order valence-electron chi connectivity index (χ3n) is 1.99. The largest absolute Gasteiger partial charge is 0.508 e. The second kappa shape index (κ2) is 4.05. The minimum Gasteiger partial charge on any atom is -0.508 e. The van der Waals surface area contributed by atoms with Gasteiger partial charge in [0.2, 0.25) is 0 Å². The lowest BCUT2D eigenvalue weighted by atomic mass is 10.0. The Morgan fingerprint density at radius 1 is 1.21 bits per heavy atom. The molecule has 3 nitrogen and oxygen atoms in total. The fraction of sp³-hybridized carbons (Fsp3) is 0.273. The third-order valence-corrected chi connectivity index (χ3v) is 1.99. The Balaban J connectivity index is 2.91. The number of benzene rings is 1. The highest BCUT2D eigenvalue weighted by atomic mass is 16.3. The summed E-state index contributed by atoms with van der Waals surface area (Å²) in [6.07, 6.45) is 1.22. The molecule has 0 unspecified atom stereocenters. The van der Waals surface area contributed by atoms with E-state index in [1.807, 2.05) is 6.92 Å². The highest BCUT2D eigenvalue weighted by molar-refractivity contribution is 5.48. The maximum atomic E-state index is 9.44. The van der Waals surface area contributed by atoms with Gasteiger partial charge in [0.25, 0.3) is 0 Å². The van der Waals surface area contributed by atoms with E-state index in [-0.39, 0.29) is 17.2 Å². The minimum atomic E-state index is -0.140. The minimum absolute atomic E-state index is 0.0799. The zero-order valence-electron chi connectivity index (χ0n) is 8.12. The standard InChI is InChI=1S/C11H14O3/c1-7(2)3-4-9-10(13)5-8(12)6-11(9)14/h5-6,12-14H,1,3-4H2,2H3. The van der Waals surface area contributed by atoms with Gasteiger partial charge in [-0.3, -0.25) is 0 Å². The van der Waals surface area contributed by atoms with Crippen molar-refractivity contribution >= 4 is 0 Å². The number of aromatic hydroxyl groups is 3. The molecule has 0 aromatic heterocycles. The maximum Gasteiger partial charge on any atom is 0.126 e. The van der Waals surface area contributed by atoms with Crippen molar-refractivity contribution in [2.45, 2.75) is 19.8 Å². The average Bonchev–Trinajstić information content (AvgIpc) is 2.01. The molecule has 0 heterocycles. The van der Waals surface area contributed by atoms with Gasteiger partial charge < -0.3 is 15.3 Å². The van der Waals surface area contributed by atoms with Gasteiger partial charge in [-0.1, -0.05) is 5.57 Å². The van der Waals surface area contributed by atoms with Crippen molar-refractivity contribution in [1.82, 2.24) is 0 Å². The van der Waals surface area contributed by atoms with Crippen LogP contribution in [0.25, 0.3) is 0 Å². The van der Waals surface area contributed by atoms with Crippen LogP contribution in [0.3, 0.4) is 0 Å². The number of rotatable bonds is 3. The molecule has 0 radical (unpaired) electrons. The predicted octanol–water partition coefficient (Wildman–Crippen LogP) is 2.31. The van der Waals surface area contributed by atoms with Crippen LogP contribution in [0, 0.1) is 0 Å². The van der Waals surface area contributed by atoms with E-state index in [2.05, 4.69) is 6.58 Å². The van der Waals surface area contributed by atoms with E-state index >= 15 is 0 Å². The summed E-state index contributed by atoms with van der Waals surface area (Å²) in [5, 5.41) is 27.9. The van der Waals surface area contributed by atoms with Crippen molar-refractivity contribution < 1.29 is 15.3 Å². The Bertz CT molecular complexity index is 333. The van der Waals surface area contributed by atoms with Crippen molar-refractivity contribution in [3.63, 3.8) is 0 Å². The van der Waals surface area contributed by atoms with E-state index in [9.17, 15) is 10.2 Å². The average molecular weight is 194 g/mol. The van der Waals surface area contributed by atoms with E-state index in [0.29, 0.717) is 18.4 Å². The summed E-state index contributed by atoms with van der Waals surface area (Å²) in [6, 6.07) is 2.43. The molecule has 0 spiro atoms. The van der Waals surface area contributed by atoms with E-state index in [4.69, 9.17) is 5.11 Å². The molecule has 1 aromatic carbocycles. The van der Waals surface area contributed by atoms with Crippen molar-refractivity contribution in [3.8, 4) is 17.2 Å². The molecule has 0 fully saturated rings. The highest BCUT2D eigenvalue weighted by Gasteiger charge is 2.08. The van der Waals surface area contributed by atoms with Gasteiger partial charge in [-0.2, -0.15) is 0 Å². The Kier molecular flexibility index (Phi) is 3.02. The molecule has 1 rings (SSSR count). The fourth-order valence-electron chi connectivity index (χ4n) is 1.22. The molecule has 0 aliphatic carbocycles. The lowest BCUT2D eigenvalue weighted by molar-refractivity contribution is 0.419. The van der Waals surface area contributed by atoms with Gasteiger partial charge in [-0.05, 0) is 19.8 Å². The molecule has 0 aliphatic rings. The van der Waals surface area contributed by atoms with E-state index in [1.54, 1.807) is 0 Å². The first kappa shape index (κ1) is 10.4. The summed E-state index contributed by atoms with van der Waals surface area (Å²) in [7, 11) is 0. The van der Waals surface area contributed by atoms with Crippen molar-refractivity contribution in [1.29, 1.82) is 0 Å². The molecular weight excluding hydrogens is 180 g/mol. The highest BCUT2D eigenvalue weighted by Crippen LogP contribution is 2.33. The van der Waals surface area contributed by atoms with Crippen LogP contribution in [0.15, 0.2) is 24.3 Å². The summed E-state index contributed by atoms with van der Waals surface area (Å²) < 4.78 is 0. The zero-order chi connectivity index (χ0) is 10.7. The molecule has 14 heavy (non-hydrogen) atoms. The summed E-state index contributed by atoms with van der Waals surface area (Å²) in [6.45, 7) is 5.62. The lowest BCUT2D eigenvalue weighted by Crippen LogP contribution is -1.88. The number of phenolic OH excluding ortho intramolecular Hbond substituents is 3. The van der Waals surface area contributed by atoms with E-state index in [0.717, 1.165) is 5.57 Å². The zero-order valence-corrected chi connectivity index (χ0v) is 8.12. The number of hydrogen-bond donors (Lipinski definition) is 3. The Labute approximate surface area is 82.9 Å². The molecule has 3 N–H and O–H groups in total. The Hall–Kier alpha value is -1.64. The van der Waals surface area contributed by atoms with Crippen LogP contribution in [0.4, 0.5) is 0 Å². The number of hydrogen-bond acceptors (Lipinski definition) is 3. The van der Waals surface area contributed by atoms with E-state index in [1.165, 1.54) is 12.1 Å². The van der Waals surface area contributed by atoms with Crippen molar-refractivity contribution in [2.75, 3.05) is 0 Å². The Morgan fingerprint density at radius 2 is 1.71 bits per heavy atom. The molecule has 0 amide bonds. The van der Waals surface area contributed by atoms with Crippen molar-refractivity contribution in [3.05, 3.63) is 29.8 Å². The van der Waals surface area contributed by atoms with Crippen LogP contribution in [-0.4, -0.2) is 15.3 Å². The summed E-state index contributed by atoms with van der Waals surface area (Å²) in [5.74, 6) is -0.299. The third kappa shape index (κ3) is 2.42. The van der Waals surface area contributed by atoms with Gasteiger partial charge in [-0.15, -0.1) is 6.58 Å². The molecular formula is C11H14O3. The lowest BCUT2D eigenvalue weighted by Gasteiger charge is -2.07. The van der Waals surface area contributed by atoms with Crippen molar-refractivity contribution in [2.24, 2.45) is 0 Å². The number of allylic oxidation sites excluding steroid dienone is 1. The fourth-order valence-corrected chi connectivity index (χ4v) is 1.22.